The molecule has 0 fully saturated rings. The highest BCUT2D eigenvalue weighted by molar-refractivity contribution is 5.73. The fraction of sp³-hybridized carbons (Fsp3) is 0.500. The van der Waals surface area contributed by atoms with Crippen LogP contribution in [0.1, 0.15) is 37.7 Å². The minimum Gasteiger partial charge on any atom is -0.377 e. The normalized spacial score (nSPS) is 22.4. The van der Waals surface area contributed by atoms with E-state index in [9.17, 15) is 18.0 Å². The first-order valence-corrected chi connectivity index (χ1v) is 5.94. The number of amides is 1. The summed E-state index contributed by atoms with van der Waals surface area (Å²) in [6.45, 7) is 3.26. The molecule has 0 saturated carbocycles. The number of carbonyl (C=O) groups is 1. The van der Waals surface area contributed by atoms with Gasteiger partial charge in [-0.05, 0) is 19.4 Å². The molecule has 0 aliphatic carbocycles. The van der Waals surface area contributed by atoms with Crippen molar-refractivity contribution in [1.82, 2.24) is 5.32 Å². The van der Waals surface area contributed by atoms with Crippen LogP contribution in [0.5, 0.6) is 0 Å². The van der Waals surface area contributed by atoms with Crippen LogP contribution in [0.4, 0.5) is 18.9 Å². The van der Waals surface area contributed by atoms with Gasteiger partial charge in [0.15, 0.2) is 0 Å². The molecule has 3 N–H and O–H groups in total. The van der Waals surface area contributed by atoms with Gasteiger partial charge < -0.3 is 10.6 Å². The number of hydrogen-bond acceptors (Lipinski definition) is 2. The summed E-state index contributed by atoms with van der Waals surface area (Å²) >= 11 is 0. The summed E-state index contributed by atoms with van der Waals surface area (Å²) in [6, 6.07) is 2.02. The number of rotatable bonds is 1. The molecule has 4 nitrogen and oxygen atoms in total. The highest BCUT2D eigenvalue weighted by Crippen LogP contribution is 2.32. The first kappa shape index (κ1) is 13.6. The van der Waals surface area contributed by atoms with Crippen molar-refractivity contribution in [3.8, 4) is 0 Å². The van der Waals surface area contributed by atoms with E-state index in [1.807, 2.05) is 6.92 Å². The van der Waals surface area contributed by atoms with Gasteiger partial charge in [-0.2, -0.15) is 13.2 Å². The molecule has 2 rings (SSSR count). The van der Waals surface area contributed by atoms with Crippen molar-refractivity contribution in [3.05, 3.63) is 23.5 Å². The molecule has 2 unspecified atom stereocenters. The number of hydrogen-bond donors (Lipinski definition) is 2. The molecule has 1 aliphatic rings. The third-order valence-corrected chi connectivity index (χ3v) is 3.00. The molecule has 1 aromatic heterocycles. The molecule has 0 spiro atoms. The third-order valence-electron chi connectivity index (χ3n) is 3.00. The predicted molar refractivity (Wildman–Crippen MR) is 62.3 cm³/mol. The second kappa shape index (κ2) is 4.71. The number of pyridine rings is 1. The Morgan fingerprint density at radius 3 is 2.74 bits per heavy atom. The Hall–Kier alpha value is -1.79. The van der Waals surface area contributed by atoms with E-state index in [2.05, 4.69) is 15.6 Å². The zero-order valence-corrected chi connectivity index (χ0v) is 10.6. The number of fused-ring (bicyclic) bond motifs is 1. The number of alkyl halides is 3. The van der Waals surface area contributed by atoms with E-state index >= 15 is 0 Å². The van der Waals surface area contributed by atoms with Crippen LogP contribution in [0.15, 0.2) is 12.1 Å². The summed E-state index contributed by atoms with van der Waals surface area (Å²) in [5.74, 6) is -0.268. The molecule has 2 atom stereocenters. The summed E-state index contributed by atoms with van der Waals surface area (Å²) < 4.78 is 38.1. The largest absolute Gasteiger partial charge is 0.477 e. The van der Waals surface area contributed by atoms with E-state index in [1.165, 1.54) is 13.0 Å². The Labute approximate surface area is 108 Å². The molecule has 7 heteroatoms. The number of aromatic amines is 1. The first-order valence-electron chi connectivity index (χ1n) is 5.94. The molecule has 2 heterocycles. The fourth-order valence-corrected chi connectivity index (χ4v) is 2.25. The molecule has 0 saturated heterocycles. The van der Waals surface area contributed by atoms with E-state index in [0.717, 1.165) is 6.07 Å². The summed E-state index contributed by atoms with van der Waals surface area (Å²) in [5, 5.41) is 5.76. The Morgan fingerprint density at radius 1 is 1.47 bits per heavy atom. The molecule has 104 valence electrons. The smallest absolute Gasteiger partial charge is 0.377 e. The zero-order valence-electron chi connectivity index (χ0n) is 10.6. The van der Waals surface area contributed by atoms with Crippen LogP contribution in [0, 0.1) is 0 Å². The van der Waals surface area contributed by atoms with Gasteiger partial charge in [-0.25, -0.2) is 4.98 Å². The number of H-pyrrole nitrogens is 1. The van der Waals surface area contributed by atoms with Gasteiger partial charge in [0.05, 0.1) is 0 Å². The standard InChI is InChI=1S/C12H14F3N3O/c1-6-5-9(17-7(2)19)11-8(16-6)3-4-10(18-11)12(13,14)15/h3-4,6,9,16H,5H2,1-2H3,(H,17,19)/p+1. The Bertz CT molecular complexity index is 501. The van der Waals surface area contributed by atoms with Gasteiger partial charge in [0.25, 0.3) is 5.69 Å². The van der Waals surface area contributed by atoms with Crippen LogP contribution in [0.25, 0.3) is 0 Å². The molecule has 0 radical (unpaired) electrons. The molecule has 0 aromatic carbocycles. The number of carbonyl (C=O) groups excluding carboxylic acids is 1. The predicted octanol–water partition coefficient (Wildman–Crippen LogP) is 1.90. The van der Waals surface area contributed by atoms with Gasteiger partial charge in [0, 0.05) is 19.0 Å². The summed E-state index contributed by atoms with van der Waals surface area (Å²) in [7, 11) is 0. The van der Waals surface area contributed by atoms with E-state index < -0.39 is 17.9 Å². The lowest BCUT2D eigenvalue weighted by Gasteiger charge is -2.27. The van der Waals surface area contributed by atoms with Crippen LogP contribution < -0.4 is 15.6 Å². The summed E-state index contributed by atoms with van der Waals surface area (Å²) in [4.78, 5) is 13.5. The van der Waals surface area contributed by atoms with Gasteiger partial charge in [0.1, 0.15) is 11.7 Å². The number of nitrogens with one attached hydrogen (secondary N) is 3. The quantitative estimate of drug-likeness (QED) is 0.821. The van der Waals surface area contributed by atoms with Gasteiger partial charge >= 0.3 is 6.18 Å². The van der Waals surface area contributed by atoms with Gasteiger partial charge in [-0.3, -0.25) is 4.79 Å². The molecule has 1 amide bonds. The van der Waals surface area contributed by atoms with Crippen molar-refractivity contribution in [1.29, 1.82) is 0 Å². The van der Waals surface area contributed by atoms with Gasteiger partial charge in [0.2, 0.25) is 11.6 Å². The van der Waals surface area contributed by atoms with Crippen molar-refractivity contribution in [2.45, 2.75) is 38.5 Å². The average Bonchev–Trinajstić information content (AvgIpc) is 2.26. The van der Waals surface area contributed by atoms with Crippen molar-refractivity contribution < 1.29 is 22.9 Å². The van der Waals surface area contributed by atoms with E-state index in [1.54, 1.807) is 0 Å². The summed E-state index contributed by atoms with van der Waals surface area (Å²) in [5.41, 5.74) is 0.131. The molecule has 1 aromatic rings. The second-order valence-corrected chi connectivity index (χ2v) is 4.73. The number of aromatic nitrogens is 1. The lowest BCUT2D eigenvalue weighted by Crippen LogP contribution is -2.40. The van der Waals surface area contributed by atoms with Crippen LogP contribution in [-0.4, -0.2) is 11.9 Å². The average molecular weight is 274 g/mol. The first-order chi connectivity index (χ1) is 8.77. The third kappa shape index (κ3) is 2.97. The van der Waals surface area contributed by atoms with E-state index in [0.29, 0.717) is 17.8 Å². The Kier molecular flexibility index (Phi) is 3.38. The van der Waals surface area contributed by atoms with Crippen molar-refractivity contribution in [2.75, 3.05) is 5.32 Å². The number of halogens is 3. The minimum atomic E-state index is -4.43. The maximum absolute atomic E-state index is 12.7. The summed E-state index contributed by atoms with van der Waals surface area (Å²) in [6.07, 6.45) is -3.90. The lowest BCUT2D eigenvalue weighted by molar-refractivity contribution is -0.437. The van der Waals surface area contributed by atoms with Crippen molar-refractivity contribution in [3.63, 3.8) is 0 Å². The van der Waals surface area contributed by atoms with Gasteiger partial charge in [-0.1, -0.05) is 0 Å². The molecular weight excluding hydrogens is 259 g/mol. The van der Waals surface area contributed by atoms with Crippen LogP contribution in [0.2, 0.25) is 0 Å². The monoisotopic (exact) mass is 274 g/mol. The minimum absolute atomic E-state index is 0.0782. The van der Waals surface area contributed by atoms with Gasteiger partial charge in [-0.15, -0.1) is 0 Å². The van der Waals surface area contributed by atoms with E-state index in [4.69, 9.17) is 0 Å². The van der Waals surface area contributed by atoms with E-state index in [-0.39, 0.29) is 11.9 Å². The maximum atomic E-state index is 12.7. The fourth-order valence-electron chi connectivity index (χ4n) is 2.25. The number of anilines is 1. The Morgan fingerprint density at radius 2 is 2.16 bits per heavy atom. The highest BCUT2D eigenvalue weighted by atomic mass is 19.4. The van der Waals surface area contributed by atoms with Crippen LogP contribution >= 0.6 is 0 Å². The Balaban J connectivity index is 2.41. The van der Waals surface area contributed by atoms with Crippen LogP contribution in [-0.2, 0) is 11.0 Å². The topological polar surface area (TPSA) is 55.3 Å². The van der Waals surface area contributed by atoms with Crippen LogP contribution in [0.3, 0.4) is 0 Å². The lowest BCUT2D eigenvalue weighted by atomic mass is 9.97. The molecular formula is C12H15F3N3O+. The molecule has 1 aliphatic heterocycles. The second-order valence-electron chi connectivity index (χ2n) is 4.73. The SMILES string of the molecule is CC(=O)NC1CC(C)Nc2ccc(C(F)(F)F)[nH+]c21. The highest BCUT2D eigenvalue weighted by Gasteiger charge is 2.41. The zero-order chi connectivity index (χ0) is 14.2. The molecule has 19 heavy (non-hydrogen) atoms. The van der Waals surface area contributed by atoms with Crippen molar-refractivity contribution >= 4 is 11.6 Å². The molecule has 0 bridgehead atoms. The maximum Gasteiger partial charge on any atom is 0.477 e. The van der Waals surface area contributed by atoms with Crippen molar-refractivity contribution in [2.24, 2.45) is 0 Å².